The summed E-state index contributed by atoms with van der Waals surface area (Å²) in [7, 11) is 0. The highest BCUT2D eigenvalue weighted by Crippen LogP contribution is 2.36. The molecule has 0 radical (unpaired) electrons. The lowest BCUT2D eigenvalue weighted by Crippen LogP contribution is -2.15. The highest BCUT2D eigenvalue weighted by atomic mass is 16.5. The molecule has 1 heterocycles. The van der Waals surface area contributed by atoms with Crippen LogP contribution in [-0.4, -0.2) is 22.8 Å². The number of ether oxygens (including phenoxy) is 1. The molecule has 0 spiro atoms. The number of allylic oxidation sites excluding steroid dienone is 2. The van der Waals surface area contributed by atoms with Gasteiger partial charge in [0.25, 0.3) is 0 Å². The average molecular weight is 378 g/mol. The Bertz CT molecular complexity index is 834. The Morgan fingerprint density at radius 3 is 3.00 bits per heavy atom. The van der Waals surface area contributed by atoms with Gasteiger partial charge in [-0.25, -0.2) is 4.98 Å². The highest BCUT2D eigenvalue weighted by molar-refractivity contribution is 5.71. The van der Waals surface area contributed by atoms with E-state index in [0.717, 1.165) is 49.9 Å². The van der Waals surface area contributed by atoms with Crippen LogP contribution in [0, 0.1) is 0 Å². The molecule has 1 unspecified atom stereocenters. The van der Waals surface area contributed by atoms with Gasteiger partial charge < -0.3 is 9.72 Å². The van der Waals surface area contributed by atoms with Crippen molar-refractivity contribution >= 4 is 6.21 Å². The zero-order valence-corrected chi connectivity index (χ0v) is 17.1. The van der Waals surface area contributed by atoms with E-state index in [1.165, 1.54) is 22.3 Å². The zero-order valence-electron chi connectivity index (χ0n) is 17.1. The van der Waals surface area contributed by atoms with Gasteiger partial charge in [-0.15, -0.1) is 0 Å². The number of aryl methyl sites for hydroxylation is 3. The fourth-order valence-corrected chi connectivity index (χ4v) is 3.76. The van der Waals surface area contributed by atoms with Crippen molar-refractivity contribution in [2.45, 2.75) is 58.5 Å². The molecule has 0 amide bonds. The lowest BCUT2D eigenvalue weighted by molar-refractivity contribution is 0.0729. The van der Waals surface area contributed by atoms with Crippen molar-refractivity contribution in [3.05, 3.63) is 77.0 Å². The molecule has 4 nitrogen and oxygen atoms in total. The van der Waals surface area contributed by atoms with Crippen molar-refractivity contribution in [1.82, 2.24) is 9.97 Å². The van der Waals surface area contributed by atoms with Crippen LogP contribution in [0.5, 0.6) is 0 Å². The summed E-state index contributed by atoms with van der Waals surface area (Å²) in [6, 6.07) is 6.83. The molecule has 0 aliphatic heterocycles. The fraction of sp³-hybridized carbons (Fsp3) is 0.417. The first kappa shape index (κ1) is 20.3. The van der Waals surface area contributed by atoms with Crippen LogP contribution in [0.4, 0.5) is 0 Å². The first-order valence-corrected chi connectivity index (χ1v) is 10.3. The first-order valence-electron chi connectivity index (χ1n) is 10.3. The van der Waals surface area contributed by atoms with Gasteiger partial charge >= 0.3 is 0 Å². The number of H-pyrrole nitrogens is 1. The number of rotatable bonds is 8. The van der Waals surface area contributed by atoms with Gasteiger partial charge in [0, 0.05) is 24.7 Å². The molecule has 1 aliphatic carbocycles. The van der Waals surface area contributed by atoms with Gasteiger partial charge in [-0.2, -0.15) is 0 Å². The normalized spacial score (nSPS) is 20.0. The molecule has 3 rings (SSSR count). The summed E-state index contributed by atoms with van der Waals surface area (Å²) in [6.07, 6.45) is 13.2. The van der Waals surface area contributed by atoms with Crippen molar-refractivity contribution in [3.8, 4) is 0 Å². The molecular weight excluding hydrogens is 346 g/mol. The van der Waals surface area contributed by atoms with E-state index < -0.39 is 0 Å². The van der Waals surface area contributed by atoms with Crippen LogP contribution >= 0.6 is 0 Å². The number of aromatic amines is 1. The zero-order chi connectivity index (χ0) is 19.8. The Hall–Kier alpha value is -2.46. The predicted molar refractivity (Wildman–Crippen MR) is 116 cm³/mol. The quantitative estimate of drug-likeness (QED) is 0.486. The largest absolute Gasteiger partial charge is 0.367 e. The Labute approximate surface area is 168 Å². The second-order valence-corrected chi connectivity index (χ2v) is 7.35. The number of aromatic nitrogens is 2. The molecule has 4 heteroatoms. The van der Waals surface area contributed by atoms with Crippen LogP contribution in [0.3, 0.4) is 0 Å². The standard InChI is InChI=1S/C24H31N3O/c1-4-13-26-23-18(3)8-6-9-20-15-19(5-2)11-12-22(20)24(23)28-14-7-10-21-16-25-17-27-21/h4,11-13,15-17,24H,1,5-10,14H2,2-3H3,(H,25,27)/b23-18+,26-13?. The second kappa shape index (κ2) is 10.2. The summed E-state index contributed by atoms with van der Waals surface area (Å²) >= 11 is 0. The van der Waals surface area contributed by atoms with Crippen LogP contribution in [-0.2, 0) is 24.0 Å². The van der Waals surface area contributed by atoms with Crippen molar-refractivity contribution in [2.24, 2.45) is 4.99 Å². The van der Waals surface area contributed by atoms with Crippen LogP contribution < -0.4 is 0 Å². The molecule has 28 heavy (non-hydrogen) atoms. The molecule has 0 fully saturated rings. The average Bonchev–Trinajstić information content (AvgIpc) is 3.22. The van der Waals surface area contributed by atoms with E-state index in [1.807, 2.05) is 6.20 Å². The third-order valence-corrected chi connectivity index (χ3v) is 5.33. The second-order valence-electron chi connectivity index (χ2n) is 7.35. The van der Waals surface area contributed by atoms with Crippen LogP contribution in [0.1, 0.15) is 61.6 Å². The van der Waals surface area contributed by atoms with E-state index in [9.17, 15) is 0 Å². The number of nitrogens with zero attached hydrogens (tertiary/aromatic N) is 2. The van der Waals surface area contributed by atoms with Crippen LogP contribution in [0.2, 0.25) is 0 Å². The molecule has 1 N–H and O–H groups in total. The number of hydrogen-bond donors (Lipinski definition) is 1. The number of benzene rings is 1. The molecule has 0 bridgehead atoms. The lowest BCUT2D eigenvalue weighted by Gasteiger charge is -2.26. The summed E-state index contributed by atoms with van der Waals surface area (Å²) in [5, 5.41) is 0. The number of hydrogen-bond acceptors (Lipinski definition) is 3. The third-order valence-electron chi connectivity index (χ3n) is 5.33. The maximum absolute atomic E-state index is 6.46. The molecule has 1 aromatic heterocycles. The predicted octanol–water partition coefficient (Wildman–Crippen LogP) is 5.53. The molecule has 0 saturated heterocycles. The van der Waals surface area contributed by atoms with E-state index >= 15 is 0 Å². The minimum atomic E-state index is -0.126. The van der Waals surface area contributed by atoms with Gasteiger partial charge in [0.05, 0.1) is 12.0 Å². The molecule has 2 aromatic rings. The molecular formula is C24H31N3O. The Balaban J connectivity index is 1.86. The van der Waals surface area contributed by atoms with Gasteiger partial charge in [0.15, 0.2) is 0 Å². The number of nitrogens with one attached hydrogen (secondary N) is 1. The van der Waals surface area contributed by atoms with Crippen molar-refractivity contribution < 1.29 is 4.74 Å². The lowest BCUT2D eigenvalue weighted by atomic mass is 9.88. The van der Waals surface area contributed by atoms with E-state index in [-0.39, 0.29) is 6.10 Å². The Morgan fingerprint density at radius 2 is 2.25 bits per heavy atom. The minimum absolute atomic E-state index is 0.126. The number of imidazole rings is 1. The monoisotopic (exact) mass is 377 g/mol. The number of fused-ring (bicyclic) bond motifs is 1. The summed E-state index contributed by atoms with van der Waals surface area (Å²) in [5.74, 6) is 0. The van der Waals surface area contributed by atoms with Gasteiger partial charge in [0.1, 0.15) is 6.10 Å². The SMILES string of the molecule is C=CC=N/C1=C(\C)CCCc2cc(CC)ccc2C1OCCCc1cnc[nH]1. The first-order chi connectivity index (χ1) is 13.7. The molecule has 0 saturated carbocycles. The van der Waals surface area contributed by atoms with Gasteiger partial charge in [-0.3, -0.25) is 4.99 Å². The molecule has 1 aliphatic rings. The maximum atomic E-state index is 6.46. The third kappa shape index (κ3) is 5.08. The summed E-state index contributed by atoms with van der Waals surface area (Å²) in [4.78, 5) is 12.0. The van der Waals surface area contributed by atoms with E-state index in [2.05, 4.69) is 48.6 Å². The van der Waals surface area contributed by atoms with Gasteiger partial charge in [-0.05, 0) is 67.7 Å². The summed E-state index contributed by atoms with van der Waals surface area (Å²) < 4.78 is 6.46. The van der Waals surface area contributed by atoms with Crippen LogP contribution in [0.15, 0.2) is 59.6 Å². The number of aliphatic imine (C=N–C) groups is 1. The minimum Gasteiger partial charge on any atom is -0.367 e. The van der Waals surface area contributed by atoms with Crippen molar-refractivity contribution in [1.29, 1.82) is 0 Å². The molecule has 148 valence electrons. The fourth-order valence-electron chi connectivity index (χ4n) is 3.76. The maximum Gasteiger partial charge on any atom is 0.125 e. The van der Waals surface area contributed by atoms with E-state index in [1.54, 1.807) is 18.6 Å². The molecule has 1 atom stereocenters. The van der Waals surface area contributed by atoms with Gasteiger partial charge in [0.2, 0.25) is 0 Å². The highest BCUT2D eigenvalue weighted by Gasteiger charge is 2.24. The molecule has 1 aromatic carbocycles. The summed E-state index contributed by atoms with van der Waals surface area (Å²) in [5.41, 5.74) is 7.53. The van der Waals surface area contributed by atoms with E-state index in [4.69, 9.17) is 9.73 Å². The topological polar surface area (TPSA) is 50.3 Å². The van der Waals surface area contributed by atoms with Crippen molar-refractivity contribution in [2.75, 3.05) is 6.61 Å². The Morgan fingerprint density at radius 1 is 1.36 bits per heavy atom. The smallest absolute Gasteiger partial charge is 0.125 e. The van der Waals surface area contributed by atoms with Crippen molar-refractivity contribution in [3.63, 3.8) is 0 Å². The van der Waals surface area contributed by atoms with Crippen LogP contribution in [0.25, 0.3) is 0 Å². The van der Waals surface area contributed by atoms with Gasteiger partial charge in [-0.1, -0.05) is 37.8 Å². The summed E-state index contributed by atoms with van der Waals surface area (Å²) in [6.45, 7) is 8.85. The Kier molecular flexibility index (Phi) is 7.38. The van der Waals surface area contributed by atoms with E-state index in [0.29, 0.717) is 6.61 Å².